The van der Waals surface area contributed by atoms with Crippen LogP contribution in [0.5, 0.6) is 5.75 Å². The Labute approximate surface area is 99.0 Å². The van der Waals surface area contributed by atoms with Crippen LogP contribution in [0.3, 0.4) is 0 Å². The van der Waals surface area contributed by atoms with Crippen LogP contribution in [0.2, 0.25) is 0 Å². The van der Waals surface area contributed by atoms with Crippen molar-refractivity contribution in [2.24, 2.45) is 0 Å². The summed E-state index contributed by atoms with van der Waals surface area (Å²) in [5.74, 6) is 0.952. The number of benzene rings is 1. The zero-order valence-electron chi connectivity index (χ0n) is 8.23. The first-order valence-electron chi connectivity index (χ1n) is 4.29. The molecular formula is C11H10LiOSi+. The van der Waals surface area contributed by atoms with Crippen molar-refractivity contribution in [1.82, 2.24) is 0 Å². The van der Waals surface area contributed by atoms with E-state index in [-0.39, 0.29) is 18.9 Å². The number of allylic oxidation sites excluding steroid dienone is 4. The van der Waals surface area contributed by atoms with Crippen molar-refractivity contribution in [3.05, 3.63) is 53.8 Å². The first-order valence-corrected chi connectivity index (χ1v) is 5.19. The minimum absolute atomic E-state index is 0. The molecule has 2 rings (SSSR count). The molecule has 0 heterocycles. The maximum absolute atomic E-state index is 5.61. The van der Waals surface area contributed by atoms with Gasteiger partial charge in [0.15, 0.2) is 0 Å². The monoisotopic (exact) mass is 193 g/mol. The summed E-state index contributed by atoms with van der Waals surface area (Å²) in [4.78, 5) is 0. The van der Waals surface area contributed by atoms with Crippen molar-refractivity contribution in [3.63, 3.8) is 0 Å². The van der Waals surface area contributed by atoms with Gasteiger partial charge < -0.3 is 4.43 Å². The summed E-state index contributed by atoms with van der Waals surface area (Å²) in [5, 5.41) is 1.36. The van der Waals surface area contributed by atoms with Gasteiger partial charge in [0.05, 0.1) is 0 Å². The molecule has 0 atom stereocenters. The molecule has 1 aromatic rings. The Balaban J connectivity index is 0.000000980. The van der Waals surface area contributed by atoms with Gasteiger partial charge in [-0.1, -0.05) is 36.4 Å². The number of hydrogen-bond donors (Lipinski definition) is 0. The number of para-hydroxylation sites is 1. The van der Waals surface area contributed by atoms with Crippen molar-refractivity contribution in [2.45, 2.75) is 6.42 Å². The first-order chi connectivity index (χ1) is 6.45. The molecule has 14 heavy (non-hydrogen) atoms. The van der Waals surface area contributed by atoms with E-state index in [1.54, 1.807) is 0 Å². The third-order valence-electron chi connectivity index (χ3n) is 1.81. The van der Waals surface area contributed by atoms with Crippen LogP contribution in [-0.2, 0) is 0 Å². The number of hydrogen-bond acceptors (Lipinski definition) is 1. The molecule has 0 unspecified atom stereocenters. The molecule has 1 aliphatic rings. The average Bonchev–Trinajstić information content (AvgIpc) is 2.69. The quantitative estimate of drug-likeness (QED) is 0.590. The zero-order valence-corrected chi connectivity index (χ0v) is 9.23. The molecule has 0 aliphatic heterocycles. The van der Waals surface area contributed by atoms with E-state index in [2.05, 4.69) is 18.2 Å². The van der Waals surface area contributed by atoms with Gasteiger partial charge in [0.2, 0.25) is 0 Å². The first kappa shape index (κ1) is 11.4. The molecule has 0 saturated heterocycles. The third-order valence-corrected chi connectivity index (χ3v) is 2.79. The summed E-state index contributed by atoms with van der Waals surface area (Å²) in [6.07, 6.45) is 7.40. The predicted molar refractivity (Wildman–Crippen MR) is 54.7 cm³/mol. The summed E-state index contributed by atoms with van der Waals surface area (Å²) < 4.78 is 5.61. The van der Waals surface area contributed by atoms with Crippen LogP contribution in [0, 0.1) is 0 Å². The standard InChI is InChI=1S/C11H10OSi.Li/c1-2-6-10(7-3-1)12-13-11-8-4-5-9-11;/h1-8H,9H2;/q;+1. The molecule has 3 heteroatoms. The summed E-state index contributed by atoms with van der Waals surface area (Å²) in [5.41, 5.74) is 0. The Kier molecular flexibility index (Phi) is 4.82. The van der Waals surface area contributed by atoms with Crippen LogP contribution in [0.25, 0.3) is 0 Å². The molecule has 0 amide bonds. The van der Waals surface area contributed by atoms with Crippen LogP contribution < -0.4 is 23.3 Å². The normalized spacial score (nSPS) is 13.3. The predicted octanol–water partition coefficient (Wildman–Crippen LogP) is -0.468. The average molecular weight is 193 g/mol. The van der Waals surface area contributed by atoms with Crippen molar-refractivity contribution in [1.29, 1.82) is 0 Å². The molecule has 1 aliphatic carbocycles. The summed E-state index contributed by atoms with van der Waals surface area (Å²) in [6, 6.07) is 9.93. The molecule has 64 valence electrons. The summed E-state index contributed by atoms with van der Waals surface area (Å²) in [6.45, 7) is 0. The Morgan fingerprint density at radius 1 is 1.14 bits per heavy atom. The van der Waals surface area contributed by atoms with E-state index in [1.807, 2.05) is 30.3 Å². The molecule has 0 spiro atoms. The maximum atomic E-state index is 5.61. The summed E-state index contributed by atoms with van der Waals surface area (Å²) in [7, 11) is 0.462. The van der Waals surface area contributed by atoms with Crippen LogP contribution in [-0.4, -0.2) is 9.76 Å². The maximum Gasteiger partial charge on any atom is 1.00 e. The Morgan fingerprint density at radius 3 is 2.57 bits per heavy atom. The van der Waals surface area contributed by atoms with Gasteiger partial charge in [-0.2, -0.15) is 0 Å². The van der Waals surface area contributed by atoms with Crippen molar-refractivity contribution in [3.8, 4) is 5.75 Å². The fourth-order valence-corrected chi connectivity index (χ4v) is 1.89. The fraction of sp³-hybridized carbons (Fsp3) is 0.0909. The van der Waals surface area contributed by atoms with Gasteiger partial charge >= 0.3 is 28.6 Å². The molecule has 0 fully saturated rings. The van der Waals surface area contributed by atoms with Gasteiger partial charge in [-0.25, -0.2) is 0 Å². The molecule has 0 N–H and O–H groups in total. The molecule has 0 bridgehead atoms. The van der Waals surface area contributed by atoms with Crippen molar-refractivity contribution < 1.29 is 23.3 Å². The SMILES string of the molecule is C1=CCC([Si]Oc2ccccc2)=C1.[Li+]. The molecule has 0 saturated carbocycles. The third kappa shape index (κ3) is 3.23. The Hall–Kier alpha value is -0.686. The molecule has 1 aromatic carbocycles. The van der Waals surface area contributed by atoms with Gasteiger partial charge in [0, 0.05) is 0 Å². The van der Waals surface area contributed by atoms with Gasteiger partial charge in [-0.05, 0) is 23.7 Å². The Bertz CT molecular complexity index is 332. The topological polar surface area (TPSA) is 9.23 Å². The minimum atomic E-state index is 0. The molecule has 1 nitrogen and oxygen atoms in total. The largest absolute Gasteiger partial charge is 1.00 e. The van der Waals surface area contributed by atoms with Gasteiger partial charge in [0.1, 0.15) is 5.75 Å². The van der Waals surface area contributed by atoms with E-state index in [0.29, 0.717) is 9.76 Å². The fourth-order valence-electron chi connectivity index (χ4n) is 1.14. The minimum Gasteiger partial charge on any atom is -0.536 e. The van der Waals surface area contributed by atoms with E-state index in [4.69, 9.17) is 4.43 Å². The van der Waals surface area contributed by atoms with E-state index in [0.717, 1.165) is 12.2 Å². The van der Waals surface area contributed by atoms with Crippen LogP contribution in [0.15, 0.2) is 53.8 Å². The van der Waals surface area contributed by atoms with Crippen LogP contribution in [0.4, 0.5) is 0 Å². The van der Waals surface area contributed by atoms with E-state index in [1.165, 1.54) is 5.20 Å². The zero-order chi connectivity index (χ0) is 8.93. The second-order valence-corrected chi connectivity index (χ2v) is 3.89. The molecular weight excluding hydrogens is 183 g/mol. The van der Waals surface area contributed by atoms with Gasteiger partial charge in [-0.15, -0.1) is 0 Å². The Morgan fingerprint density at radius 2 is 1.93 bits per heavy atom. The molecule has 2 radical (unpaired) electrons. The van der Waals surface area contributed by atoms with E-state index >= 15 is 0 Å². The molecule has 0 aromatic heterocycles. The summed E-state index contributed by atoms with van der Waals surface area (Å²) >= 11 is 0. The van der Waals surface area contributed by atoms with Crippen LogP contribution >= 0.6 is 0 Å². The van der Waals surface area contributed by atoms with E-state index in [9.17, 15) is 0 Å². The second kappa shape index (κ2) is 5.92. The van der Waals surface area contributed by atoms with Crippen molar-refractivity contribution in [2.75, 3.05) is 0 Å². The van der Waals surface area contributed by atoms with E-state index < -0.39 is 0 Å². The second-order valence-electron chi connectivity index (χ2n) is 2.84. The number of rotatable bonds is 3. The smallest absolute Gasteiger partial charge is 0.536 e. The van der Waals surface area contributed by atoms with Crippen molar-refractivity contribution >= 4 is 9.76 Å². The van der Waals surface area contributed by atoms with Gasteiger partial charge in [0.25, 0.3) is 0 Å². The van der Waals surface area contributed by atoms with Crippen LogP contribution in [0.1, 0.15) is 6.42 Å². The van der Waals surface area contributed by atoms with Gasteiger partial charge in [-0.3, -0.25) is 0 Å².